The van der Waals surface area contributed by atoms with Gasteiger partial charge in [-0.1, -0.05) is 79.7 Å². The molecule has 192 valence electrons. The van der Waals surface area contributed by atoms with Crippen molar-refractivity contribution in [3.8, 4) is 28.1 Å². The van der Waals surface area contributed by atoms with Gasteiger partial charge < -0.3 is 14.4 Å². The number of ether oxygens (including phenoxy) is 1. The Morgan fingerprint density at radius 2 is 1.62 bits per heavy atom. The summed E-state index contributed by atoms with van der Waals surface area (Å²) in [5, 5.41) is 11.4. The third-order valence-electron chi connectivity index (χ3n) is 6.92. The fraction of sp³-hybridized carbons (Fsp3) is 0.121. The van der Waals surface area contributed by atoms with Gasteiger partial charge in [-0.05, 0) is 47.2 Å². The van der Waals surface area contributed by atoms with Gasteiger partial charge in [-0.3, -0.25) is 4.98 Å². The summed E-state index contributed by atoms with van der Waals surface area (Å²) in [4.78, 5) is 20.8. The fourth-order valence-electron chi connectivity index (χ4n) is 5.02. The average molecular weight is 514 g/mol. The minimum Gasteiger partial charge on any atom is -0.449 e. The molecule has 39 heavy (non-hydrogen) atoms. The van der Waals surface area contributed by atoms with E-state index in [0.717, 1.165) is 68.4 Å². The van der Waals surface area contributed by atoms with Gasteiger partial charge in [0.15, 0.2) is 0 Å². The lowest BCUT2D eigenvalue weighted by molar-refractivity contribution is 0.144. The number of rotatable bonds is 7. The first kappa shape index (κ1) is 24.4. The molecule has 4 aromatic carbocycles. The summed E-state index contributed by atoms with van der Waals surface area (Å²) in [7, 11) is 0. The van der Waals surface area contributed by atoms with Crippen LogP contribution in [0.1, 0.15) is 24.7 Å². The third kappa shape index (κ3) is 4.97. The Bertz CT molecular complexity index is 1810. The van der Waals surface area contributed by atoms with E-state index in [-0.39, 0.29) is 0 Å². The number of imidazole rings is 1. The molecule has 0 saturated carbocycles. The van der Waals surface area contributed by atoms with Gasteiger partial charge >= 0.3 is 6.16 Å². The van der Waals surface area contributed by atoms with Crippen molar-refractivity contribution < 1.29 is 14.6 Å². The number of nitrogens with zero attached hydrogens (tertiary/aromatic N) is 3. The number of carbonyl (C=O) groups is 1. The molecular weight excluding hydrogens is 486 g/mol. The molecule has 0 aliphatic heterocycles. The van der Waals surface area contributed by atoms with Gasteiger partial charge in [-0.25, -0.2) is 9.78 Å². The number of benzene rings is 4. The summed E-state index contributed by atoms with van der Waals surface area (Å²) in [6.07, 6.45) is 2.49. The molecule has 0 saturated heterocycles. The topological polar surface area (TPSA) is 77.2 Å². The molecule has 0 unspecified atom stereocenters. The summed E-state index contributed by atoms with van der Waals surface area (Å²) in [5.41, 5.74) is 6.80. The standard InChI is InChI=1S/C33H27N3O3/c1-2-7-32-35-28-17-16-25(29-18-24-8-3-4-9-26(24)20-34-29)19-30(28)36(32)21-22-12-14-23(15-13-22)27-10-5-6-11-31(27)39-33(37)38/h3-6,8-20H,2,7,21H2,1H3,(H,37,38). The van der Waals surface area contributed by atoms with E-state index in [4.69, 9.17) is 19.8 Å². The molecule has 0 bridgehead atoms. The van der Waals surface area contributed by atoms with Crippen LogP contribution in [0.15, 0.2) is 103 Å². The number of para-hydroxylation sites is 1. The second-order valence-corrected chi connectivity index (χ2v) is 9.55. The van der Waals surface area contributed by atoms with Crippen molar-refractivity contribution in [1.29, 1.82) is 0 Å². The number of aromatic nitrogens is 3. The number of hydrogen-bond acceptors (Lipinski definition) is 4. The largest absolute Gasteiger partial charge is 0.511 e. The van der Waals surface area contributed by atoms with Gasteiger partial charge in [0, 0.05) is 35.7 Å². The first-order valence-corrected chi connectivity index (χ1v) is 13.0. The van der Waals surface area contributed by atoms with Crippen LogP contribution < -0.4 is 4.74 Å². The smallest absolute Gasteiger partial charge is 0.449 e. The predicted molar refractivity (Wildman–Crippen MR) is 154 cm³/mol. The number of carboxylic acid groups (broad SMARTS) is 1. The van der Waals surface area contributed by atoms with E-state index in [2.05, 4.69) is 60.0 Å². The molecule has 6 heteroatoms. The summed E-state index contributed by atoms with van der Waals surface area (Å²) in [6.45, 7) is 2.84. The normalized spacial score (nSPS) is 11.2. The van der Waals surface area contributed by atoms with Crippen molar-refractivity contribution in [3.05, 3.63) is 115 Å². The number of pyridine rings is 1. The van der Waals surface area contributed by atoms with Crippen LogP contribution in [0.3, 0.4) is 0 Å². The number of aryl methyl sites for hydroxylation is 1. The van der Waals surface area contributed by atoms with Gasteiger partial charge in [0.05, 0.1) is 16.7 Å². The lowest BCUT2D eigenvalue weighted by Crippen LogP contribution is -2.05. The van der Waals surface area contributed by atoms with Crippen LogP contribution in [0.25, 0.3) is 44.2 Å². The molecule has 0 amide bonds. The maximum atomic E-state index is 11.1. The van der Waals surface area contributed by atoms with Crippen LogP contribution in [0, 0.1) is 0 Å². The molecule has 1 N–H and O–H groups in total. The third-order valence-corrected chi connectivity index (χ3v) is 6.92. The maximum Gasteiger partial charge on any atom is 0.511 e. The van der Waals surface area contributed by atoms with E-state index in [1.165, 1.54) is 0 Å². The molecule has 2 heterocycles. The van der Waals surface area contributed by atoms with E-state index < -0.39 is 6.16 Å². The zero-order valence-electron chi connectivity index (χ0n) is 21.5. The van der Waals surface area contributed by atoms with Gasteiger partial charge in [0.25, 0.3) is 0 Å². The summed E-state index contributed by atoms with van der Waals surface area (Å²) in [5.74, 6) is 1.37. The Kier molecular flexibility index (Phi) is 6.51. The molecule has 0 fully saturated rings. The van der Waals surface area contributed by atoms with Crippen molar-refractivity contribution in [3.63, 3.8) is 0 Å². The Balaban J connectivity index is 1.35. The Morgan fingerprint density at radius 1 is 0.872 bits per heavy atom. The lowest BCUT2D eigenvalue weighted by Gasteiger charge is -2.12. The molecule has 0 atom stereocenters. The van der Waals surface area contributed by atoms with Crippen LogP contribution in [0.4, 0.5) is 4.79 Å². The van der Waals surface area contributed by atoms with Crippen LogP contribution in [0.5, 0.6) is 5.75 Å². The van der Waals surface area contributed by atoms with Crippen LogP contribution in [0.2, 0.25) is 0 Å². The average Bonchev–Trinajstić information content (AvgIpc) is 3.29. The summed E-state index contributed by atoms with van der Waals surface area (Å²) < 4.78 is 7.27. The monoisotopic (exact) mass is 513 g/mol. The van der Waals surface area contributed by atoms with Gasteiger partial charge in [-0.2, -0.15) is 0 Å². The van der Waals surface area contributed by atoms with Crippen molar-refractivity contribution in [2.45, 2.75) is 26.3 Å². The van der Waals surface area contributed by atoms with Crippen molar-refractivity contribution in [2.24, 2.45) is 0 Å². The minimum absolute atomic E-state index is 0.318. The molecule has 0 spiro atoms. The van der Waals surface area contributed by atoms with E-state index in [1.807, 2.05) is 42.6 Å². The fourth-order valence-corrected chi connectivity index (χ4v) is 5.02. The Labute approximate surface area is 226 Å². The highest BCUT2D eigenvalue weighted by Crippen LogP contribution is 2.31. The molecule has 6 rings (SSSR count). The van der Waals surface area contributed by atoms with Gasteiger partial charge in [0.2, 0.25) is 0 Å². The molecule has 0 radical (unpaired) electrons. The molecule has 2 aromatic heterocycles. The molecular formula is C33H27N3O3. The minimum atomic E-state index is -1.33. The maximum absolute atomic E-state index is 11.1. The van der Waals surface area contributed by atoms with Crippen molar-refractivity contribution in [2.75, 3.05) is 0 Å². The molecule has 0 aliphatic carbocycles. The van der Waals surface area contributed by atoms with Crippen LogP contribution in [-0.2, 0) is 13.0 Å². The number of fused-ring (bicyclic) bond motifs is 2. The highest BCUT2D eigenvalue weighted by Gasteiger charge is 2.14. The van der Waals surface area contributed by atoms with Crippen molar-refractivity contribution in [1.82, 2.24) is 14.5 Å². The van der Waals surface area contributed by atoms with Gasteiger partial charge in [-0.15, -0.1) is 0 Å². The van der Waals surface area contributed by atoms with Crippen molar-refractivity contribution >= 4 is 28.0 Å². The zero-order chi connectivity index (χ0) is 26.8. The van der Waals surface area contributed by atoms with Crippen LogP contribution in [-0.4, -0.2) is 25.8 Å². The molecule has 6 nitrogen and oxygen atoms in total. The van der Waals surface area contributed by atoms with Gasteiger partial charge in [0.1, 0.15) is 11.6 Å². The first-order valence-electron chi connectivity index (χ1n) is 13.0. The molecule has 0 aliphatic rings. The second kappa shape index (κ2) is 10.4. The van der Waals surface area contributed by atoms with E-state index in [0.29, 0.717) is 12.3 Å². The van der Waals surface area contributed by atoms with E-state index in [1.54, 1.807) is 12.1 Å². The summed E-state index contributed by atoms with van der Waals surface area (Å²) in [6, 6.07) is 32.1. The highest BCUT2D eigenvalue weighted by molar-refractivity contribution is 5.87. The Morgan fingerprint density at radius 3 is 2.41 bits per heavy atom. The van der Waals surface area contributed by atoms with E-state index >= 15 is 0 Å². The summed E-state index contributed by atoms with van der Waals surface area (Å²) >= 11 is 0. The van der Waals surface area contributed by atoms with Crippen LogP contribution >= 0.6 is 0 Å². The lowest BCUT2D eigenvalue weighted by atomic mass is 10.0. The molecule has 6 aromatic rings. The predicted octanol–water partition coefficient (Wildman–Crippen LogP) is 7.98. The zero-order valence-corrected chi connectivity index (χ0v) is 21.5. The number of hydrogen-bond donors (Lipinski definition) is 1. The first-order chi connectivity index (χ1) is 19.1. The SMILES string of the molecule is CCCc1nc2ccc(-c3cc4ccccc4cn3)cc2n1Cc1ccc(-c2ccccc2OC(=O)O)cc1. The second-order valence-electron chi connectivity index (χ2n) is 9.55. The quantitative estimate of drug-likeness (QED) is 0.173. The Hall–Kier alpha value is -4.97. The highest BCUT2D eigenvalue weighted by atomic mass is 16.7. The van der Waals surface area contributed by atoms with E-state index in [9.17, 15) is 4.79 Å².